The van der Waals surface area contributed by atoms with Gasteiger partial charge in [0.15, 0.2) is 17.3 Å². The number of anilines is 1. The molecule has 0 aliphatic heterocycles. The van der Waals surface area contributed by atoms with Crippen molar-refractivity contribution < 1.29 is 24.5 Å². The maximum atomic E-state index is 13.7. The zero-order valence-electron chi connectivity index (χ0n) is 30.6. The van der Waals surface area contributed by atoms with Crippen LogP contribution in [0.4, 0.5) is 11.5 Å². The number of unbranched alkanes of at least 4 members (excludes halogenated alkanes) is 13. The highest BCUT2D eigenvalue weighted by atomic mass is 16.5. The molecule has 10 nitrogen and oxygen atoms in total. The van der Waals surface area contributed by atoms with Crippen LogP contribution in [0.1, 0.15) is 124 Å². The molecule has 0 unspecified atom stereocenters. The predicted octanol–water partition coefficient (Wildman–Crippen LogP) is 10.7. The van der Waals surface area contributed by atoms with Crippen LogP contribution >= 0.6 is 0 Å². The third kappa shape index (κ3) is 12.7. The highest BCUT2D eigenvalue weighted by molar-refractivity contribution is 6.08. The summed E-state index contributed by atoms with van der Waals surface area (Å²) in [7, 11) is 0. The third-order valence-electron chi connectivity index (χ3n) is 8.92. The van der Waals surface area contributed by atoms with E-state index in [1.165, 1.54) is 76.7 Å². The lowest BCUT2D eigenvalue weighted by atomic mass is 10.0. The van der Waals surface area contributed by atoms with E-state index in [2.05, 4.69) is 32.4 Å². The molecule has 0 aliphatic carbocycles. The molecule has 0 fully saturated rings. The average Bonchev–Trinajstić information content (AvgIpc) is 3.16. The minimum atomic E-state index is -0.803. The van der Waals surface area contributed by atoms with Crippen molar-refractivity contribution in [2.45, 2.75) is 110 Å². The number of amides is 1. The summed E-state index contributed by atoms with van der Waals surface area (Å²) in [6.45, 7) is 3.88. The Bertz CT molecular complexity index is 1790. The number of carbonyl (C=O) groups is 2. The first-order valence-electron chi connectivity index (χ1n) is 18.8. The molecule has 52 heavy (non-hydrogen) atoms. The number of esters is 1. The second kappa shape index (κ2) is 22.1. The van der Waals surface area contributed by atoms with Gasteiger partial charge in [0.25, 0.3) is 5.91 Å². The number of para-hydroxylation sites is 1. The van der Waals surface area contributed by atoms with Crippen LogP contribution in [0.5, 0.6) is 0 Å². The van der Waals surface area contributed by atoms with E-state index in [4.69, 9.17) is 4.74 Å². The quantitative estimate of drug-likeness (QED) is 0.0242. The van der Waals surface area contributed by atoms with Crippen molar-refractivity contribution in [3.05, 3.63) is 101 Å². The summed E-state index contributed by atoms with van der Waals surface area (Å²) < 4.78 is 5.54. The van der Waals surface area contributed by atoms with Crippen molar-refractivity contribution >= 4 is 40.0 Å². The smallest absolute Gasteiger partial charge is 0.338 e. The number of azo groups is 1. The van der Waals surface area contributed by atoms with E-state index in [9.17, 15) is 19.8 Å². The van der Waals surface area contributed by atoms with Gasteiger partial charge in [-0.3, -0.25) is 4.79 Å². The molecule has 3 N–H and O–H groups in total. The van der Waals surface area contributed by atoms with Crippen LogP contribution in [0.2, 0.25) is 0 Å². The summed E-state index contributed by atoms with van der Waals surface area (Å²) in [5.74, 6) is -1.04. The van der Waals surface area contributed by atoms with Crippen LogP contribution in [0.15, 0.2) is 88.7 Å². The summed E-state index contributed by atoms with van der Waals surface area (Å²) in [5, 5.41) is 33.0. The SMILES string of the molecule is CCCCCCCCCCCCCCCCOC(=O)c1ccc(CO)c(NC(=O)/C(N=Nc2nc(C)nc3ccccc23)=C(\O)c2ccccc2)c1. The maximum absolute atomic E-state index is 13.7. The molecule has 10 heteroatoms. The molecule has 0 atom stereocenters. The van der Waals surface area contributed by atoms with Crippen molar-refractivity contribution in [1.82, 2.24) is 9.97 Å². The number of aromatic nitrogens is 2. The molecular weight excluding hydrogens is 654 g/mol. The Morgan fingerprint density at radius 2 is 1.37 bits per heavy atom. The van der Waals surface area contributed by atoms with E-state index < -0.39 is 24.2 Å². The third-order valence-corrected chi connectivity index (χ3v) is 8.92. The van der Waals surface area contributed by atoms with Crippen LogP contribution in [0, 0.1) is 6.92 Å². The van der Waals surface area contributed by atoms with Crippen molar-refractivity contribution in [3.63, 3.8) is 0 Å². The zero-order valence-corrected chi connectivity index (χ0v) is 30.6. The Morgan fingerprint density at radius 1 is 0.750 bits per heavy atom. The number of carbonyl (C=O) groups excluding carboxylic acids is 2. The molecule has 4 rings (SSSR count). The van der Waals surface area contributed by atoms with E-state index in [-0.39, 0.29) is 22.8 Å². The fourth-order valence-corrected chi connectivity index (χ4v) is 5.96. The number of fused-ring (bicyclic) bond motifs is 1. The lowest BCUT2D eigenvalue weighted by molar-refractivity contribution is -0.112. The Labute approximate surface area is 307 Å². The van der Waals surface area contributed by atoms with E-state index in [0.717, 1.165) is 19.3 Å². The Hall–Kier alpha value is -4.96. The summed E-state index contributed by atoms with van der Waals surface area (Å²) in [4.78, 5) is 35.5. The van der Waals surface area contributed by atoms with Gasteiger partial charge in [0.2, 0.25) is 0 Å². The molecular formula is C42H53N5O5. The molecule has 1 amide bonds. The molecule has 0 saturated carbocycles. The molecule has 3 aromatic carbocycles. The summed E-state index contributed by atoms with van der Waals surface area (Å²) in [6, 6.07) is 20.3. The summed E-state index contributed by atoms with van der Waals surface area (Å²) in [5.41, 5.74) is 1.38. The molecule has 276 valence electrons. The van der Waals surface area contributed by atoms with Crippen molar-refractivity contribution in [2.24, 2.45) is 10.2 Å². The van der Waals surface area contributed by atoms with E-state index in [1.54, 1.807) is 55.5 Å². The number of hydrogen-bond donors (Lipinski definition) is 3. The maximum Gasteiger partial charge on any atom is 0.338 e. The van der Waals surface area contributed by atoms with Gasteiger partial charge in [-0.2, -0.15) is 0 Å². The van der Waals surface area contributed by atoms with Gasteiger partial charge in [-0.15, -0.1) is 10.2 Å². The lowest BCUT2D eigenvalue weighted by Crippen LogP contribution is -2.17. The molecule has 0 spiro atoms. The van der Waals surface area contributed by atoms with Gasteiger partial charge in [-0.25, -0.2) is 14.8 Å². The fraction of sp³-hybridized carbons (Fsp3) is 0.429. The predicted molar refractivity (Wildman–Crippen MR) is 206 cm³/mol. The number of aryl methyl sites for hydroxylation is 1. The molecule has 1 heterocycles. The molecule has 0 aliphatic rings. The molecule has 0 bridgehead atoms. The normalized spacial score (nSPS) is 11.9. The zero-order chi connectivity index (χ0) is 37.0. The second-order valence-electron chi connectivity index (χ2n) is 13.1. The van der Waals surface area contributed by atoms with Gasteiger partial charge in [0.1, 0.15) is 5.82 Å². The summed E-state index contributed by atoms with van der Waals surface area (Å²) >= 11 is 0. The van der Waals surface area contributed by atoms with Crippen LogP contribution in [0.25, 0.3) is 16.7 Å². The number of aliphatic hydroxyl groups excluding tert-OH is 2. The number of rotatable bonds is 22. The fourth-order valence-electron chi connectivity index (χ4n) is 5.96. The number of aliphatic hydroxyl groups is 2. The van der Waals surface area contributed by atoms with Crippen molar-refractivity contribution in [3.8, 4) is 0 Å². The molecule has 1 aromatic heterocycles. The Kier molecular flexibility index (Phi) is 16.9. The number of nitrogens with zero attached hydrogens (tertiary/aromatic N) is 4. The van der Waals surface area contributed by atoms with Crippen molar-refractivity contribution in [1.29, 1.82) is 0 Å². The van der Waals surface area contributed by atoms with Crippen LogP contribution in [0.3, 0.4) is 0 Å². The van der Waals surface area contributed by atoms with Gasteiger partial charge in [0.05, 0.1) is 24.3 Å². The van der Waals surface area contributed by atoms with E-state index in [1.807, 2.05) is 18.2 Å². The van der Waals surface area contributed by atoms with Gasteiger partial charge in [-0.1, -0.05) is 139 Å². The highest BCUT2D eigenvalue weighted by Crippen LogP contribution is 2.27. The van der Waals surface area contributed by atoms with Gasteiger partial charge >= 0.3 is 5.97 Å². The first-order valence-corrected chi connectivity index (χ1v) is 18.8. The number of ether oxygens (including phenoxy) is 1. The lowest BCUT2D eigenvalue weighted by Gasteiger charge is -2.13. The second-order valence-corrected chi connectivity index (χ2v) is 13.1. The minimum Gasteiger partial charge on any atom is -0.505 e. The molecule has 0 radical (unpaired) electrons. The monoisotopic (exact) mass is 707 g/mol. The van der Waals surface area contributed by atoms with Crippen LogP contribution < -0.4 is 5.32 Å². The van der Waals surface area contributed by atoms with Gasteiger partial charge < -0.3 is 20.3 Å². The standard InChI is InChI=1S/C42H53N5O5/c1-3-4-5-6-7-8-9-10-11-12-13-14-15-21-28-52-42(51)33-26-27-34(30-48)37(29-33)45-41(50)38(39(49)32-22-17-16-18-23-32)46-47-40-35-24-19-20-25-36(35)43-31(2)44-40/h16-20,22-27,29,48-49H,3-15,21,28,30H2,1-2H3,(H,45,50)/b39-38+,47-46?. The van der Waals surface area contributed by atoms with Gasteiger partial charge in [-0.05, 0) is 37.6 Å². The number of hydrogen-bond acceptors (Lipinski definition) is 9. The van der Waals surface area contributed by atoms with E-state index in [0.29, 0.717) is 34.5 Å². The number of nitrogens with one attached hydrogen (secondary N) is 1. The average molecular weight is 708 g/mol. The number of benzene rings is 3. The molecule has 4 aromatic rings. The Balaban J connectivity index is 1.34. The van der Waals surface area contributed by atoms with Crippen LogP contribution in [-0.4, -0.2) is 38.7 Å². The highest BCUT2D eigenvalue weighted by Gasteiger charge is 2.20. The summed E-state index contributed by atoms with van der Waals surface area (Å²) in [6.07, 6.45) is 17.4. The minimum absolute atomic E-state index is 0.176. The van der Waals surface area contributed by atoms with Gasteiger partial charge in [0, 0.05) is 22.2 Å². The first-order chi connectivity index (χ1) is 25.4. The Morgan fingerprint density at radius 3 is 2.02 bits per heavy atom. The van der Waals surface area contributed by atoms with Crippen LogP contribution in [-0.2, 0) is 16.1 Å². The van der Waals surface area contributed by atoms with E-state index >= 15 is 0 Å². The van der Waals surface area contributed by atoms with Crippen molar-refractivity contribution in [2.75, 3.05) is 11.9 Å². The largest absolute Gasteiger partial charge is 0.505 e. The topological polar surface area (TPSA) is 146 Å². The first kappa shape index (κ1) is 39.8. The molecule has 0 saturated heterocycles.